The van der Waals surface area contributed by atoms with Crippen molar-refractivity contribution in [2.75, 3.05) is 13.1 Å². The molecule has 1 aromatic carbocycles. The van der Waals surface area contributed by atoms with Crippen LogP contribution in [0.2, 0.25) is 0 Å². The molecule has 2 atom stereocenters. The number of aryl methyl sites for hydroxylation is 1. The van der Waals surface area contributed by atoms with E-state index in [0.717, 1.165) is 31.4 Å². The summed E-state index contributed by atoms with van der Waals surface area (Å²) < 4.78 is 0. The van der Waals surface area contributed by atoms with Crippen LogP contribution in [0.1, 0.15) is 30.4 Å². The maximum atomic E-state index is 11.0. The SMILES string of the molecule is N#CC1(C2(O)CCCNC2)CCc2ccccc21. The maximum Gasteiger partial charge on any atom is 0.113 e. The summed E-state index contributed by atoms with van der Waals surface area (Å²) in [7, 11) is 0. The zero-order valence-electron chi connectivity index (χ0n) is 10.4. The fourth-order valence-corrected chi connectivity index (χ4v) is 3.57. The molecule has 2 aliphatic rings. The van der Waals surface area contributed by atoms with Crippen molar-refractivity contribution in [3.8, 4) is 6.07 Å². The number of nitrogens with one attached hydrogen (secondary N) is 1. The lowest BCUT2D eigenvalue weighted by atomic mass is 9.66. The molecule has 3 rings (SSSR count). The van der Waals surface area contributed by atoms with E-state index in [1.54, 1.807) is 0 Å². The Bertz CT molecular complexity index is 499. The number of nitriles is 1. The monoisotopic (exact) mass is 242 g/mol. The van der Waals surface area contributed by atoms with Gasteiger partial charge >= 0.3 is 0 Å². The summed E-state index contributed by atoms with van der Waals surface area (Å²) in [4.78, 5) is 0. The number of fused-ring (bicyclic) bond motifs is 1. The van der Waals surface area contributed by atoms with Gasteiger partial charge in [0.2, 0.25) is 0 Å². The van der Waals surface area contributed by atoms with Crippen LogP contribution in [0.3, 0.4) is 0 Å². The quantitative estimate of drug-likeness (QED) is 0.785. The van der Waals surface area contributed by atoms with Gasteiger partial charge in [0.05, 0.1) is 11.7 Å². The first kappa shape index (κ1) is 11.7. The van der Waals surface area contributed by atoms with Crippen LogP contribution in [-0.4, -0.2) is 23.8 Å². The number of hydrogen-bond acceptors (Lipinski definition) is 3. The van der Waals surface area contributed by atoms with Crippen molar-refractivity contribution in [3.63, 3.8) is 0 Å². The van der Waals surface area contributed by atoms with E-state index in [1.165, 1.54) is 5.56 Å². The second-order valence-electron chi connectivity index (χ2n) is 5.49. The molecule has 0 amide bonds. The van der Waals surface area contributed by atoms with Gasteiger partial charge in [-0.25, -0.2) is 0 Å². The highest BCUT2D eigenvalue weighted by molar-refractivity contribution is 5.47. The number of piperidine rings is 1. The molecule has 3 nitrogen and oxygen atoms in total. The van der Waals surface area contributed by atoms with E-state index in [0.29, 0.717) is 13.0 Å². The standard InChI is InChI=1S/C15H18N2O/c16-10-14(15(18)7-3-9-17-11-15)8-6-12-4-1-2-5-13(12)14/h1-2,4-5,17-18H,3,6-9,11H2. The average Bonchev–Trinajstić information content (AvgIpc) is 2.80. The van der Waals surface area contributed by atoms with Gasteiger partial charge in [0, 0.05) is 6.54 Å². The largest absolute Gasteiger partial charge is 0.387 e. The summed E-state index contributed by atoms with van der Waals surface area (Å²) in [5.74, 6) is 0. The van der Waals surface area contributed by atoms with Gasteiger partial charge in [-0.2, -0.15) is 5.26 Å². The lowest BCUT2D eigenvalue weighted by molar-refractivity contribution is -0.0360. The Morgan fingerprint density at radius 2 is 2.11 bits per heavy atom. The zero-order chi connectivity index (χ0) is 12.6. The third-order valence-electron chi connectivity index (χ3n) is 4.59. The molecule has 3 heteroatoms. The van der Waals surface area contributed by atoms with Gasteiger partial charge < -0.3 is 10.4 Å². The third-order valence-corrected chi connectivity index (χ3v) is 4.59. The molecule has 1 heterocycles. The van der Waals surface area contributed by atoms with E-state index in [-0.39, 0.29) is 0 Å². The predicted octanol–water partition coefficient (Wildman–Crippen LogP) is 1.51. The Balaban J connectivity index is 2.10. The van der Waals surface area contributed by atoms with Crippen molar-refractivity contribution in [1.82, 2.24) is 5.32 Å². The molecule has 18 heavy (non-hydrogen) atoms. The van der Waals surface area contributed by atoms with Gasteiger partial charge in [0.1, 0.15) is 5.41 Å². The van der Waals surface area contributed by atoms with Gasteiger partial charge in [-0.3, -0.25) is 0 Å². The highest BCUT2D eigenvalue weighted by Gasteiger charge is 2.55. The Morgan fingerprint density at radius 3 is 2.83 bits per heavy atom. The molecule has 0 spiro atoms. The minimum absolute atomic E-state index is 0.523. The van der Waals surface area contributed by atoms with Gasteiger partial charge in [-0.15, -0.1) is 0 Å². The highest BCUT2D eigenvalue weighted by Crippen LogP contribution is 2.48. The van der Waals surface area contributed by atoms with Crippen LogP contribution in [-0.2, 0) is 11.8 Å². The van der Waals surface area contributed by atoms with Crippen molar-refractivity contribution < 1.29 is 5.11 Å². The maximum absolute atomic E-state index is 11.0. The highest BCUT2D eigenvalue weighted by atomic mass is 16.3. The number of rotatable bonds is 1. The first-order valence-corrected chi connectivity index (χ1v) is 6.65. The summed E-state index contributed by atoms with van der Waals surface area (Å²) >= 11 is 0. The Hall–Kier alpha value is -1.37. The summed E-state index contributed by atoms with van der Waals surface area (Å²) in [5, 5.41) is 24.0. The molecule has 1 aliphatic heterocycles. The van der Waals surface area contributed by atoms with Crippen LogP contribution in [0, 0.1) is 11.3 Å². The van der Waals surface area contributed by atoms with E-state index in [1.807, 2.05) is 18.2 Å². The molecule has 94 valence electrons. The molecule has 1 aliphatic carbocycles. The lowest BCUT2D eigenvalue weighted by Crippen LogP contribution is -2.58. The van der Waals surface area contributed by atoms with Crippen molar-refractivity contribution in [3.05, 3.63) is 35.4 Å². The minimum atomic E-state index is -0.924. The van der Waals surface area contributed by atoms with Crippen molar-refractivity contribution >= 4 is 0 Å². The molecule has 0 aromatic heterocycles. The van der Waals surface area contributed by atoms with Crippen molar-refractivity contribution in [2.45, 2.75) is 36.7 Å². The summed E-state index contributed by atoms with van der Waals surface area (Å²) in [6.07, 6.45) is 3.27. The van der Waals surface area contributed by atoms with E-state index in [4.69, 9.17) is 0 Å². The number of aliphatic hydroxyl groups is 1. The summed E-state index contributed by atoms with van der Waals surface area (Å²) in [6, 6.07) is 10.5. The van der Waals surface area contributed by atoms with Crippen LogP contribution >= 0.6 is 0 Å². The third kappa shape index (κ3) is 1.43. The molecule has 2 unspecified atom stereocenters. The molecule has 1 fully saturated rings. The van der Waals surface area contributed by atoms with E-state index < -0.39 is 11.0 Å². The first-order valence-electron chi connectivity index (χ1n) is 6.65. The van der Waals surface area contributed by atoms with Crippen molar-refractivity contribution in [1.29, 1.82) is 5.26 Å². The second-order valence-corrected chi connectivity index (χ2v) is 5.49. The molecule has 1 saturated heterocycles. The molecular formula is C15H18N2O. The Morgan fingerprint density at radius 1 is 1.28 bits per heavy atom. The topological polar surface area (TPSA) is 56.0 Å². The fourth-order valence-electron chi connectivity index (χ4n) is 3.57. The van der Waals surface area contributed by atoms with E-state index in [2.05, 4.69) is 17.5 Å². The molecule has 1 aromatic rings. The van der Waals surface area contributed by atoms with Crippen LogP contribution in [0.5, 0.6) is 0 Å². The average molecular weight is 242 g/mol. The second kappa shape index (κ2) is 4.08. The lowest BCUT2D eigenvalue weighted by Gasteiger charge is -2.43. The zero-order valence-corrected chi connectivity index (χ0v) is 10.4. The fraction of sp³-hybridized carbons (Fsp3) is 0.533. The van der Waals surface area contributed by atoms with E-state index >= 15 is 0 Å². The number of β-amino-alcohol motifs (C(OH)–C–C–N with tert-alkyl or cyclic N) is 1. The normalized spacial score (nSPS) is 34.9. The molecule has 2 N–H and O–H groups in total. The smallest absolute Gasteiger partial charge is 0.113 e. The Labute approximate surface area is 107 Å². The number of benzene rings is 1. The molecule has 0 bridgehead atoms. The predicted molar refractivity (Wildman–Crippen MR) is 69.1 cm³/mol. The van der Waals surface area contributed by atoms with E-state index in [9.17, 15) is 10.4 Å². The van der Waals surface area contributed by atoms with Crippen LogP contribution in [0.15, 0.2) is 24.3 Å². The molecule has 0 radical (unpaired) electrons. The van der Waals surface area contributed by atoms with Crippen LogP contribution in [0.4, 0.5) is 0 Å². The number of nitrogens with zero attached hydrogens (tertiary/aromatic N) is 1. The van der Waals surface area contributed by atoms with Crippen LogP contribution < -0.4 is 5.32 Å². The van der Waals surface area contributed by atoms with Gasteiger partial charge in [0.15, 0.2) is 0 Å². The molecule has 0 saturated carbocycles. The van der Waals surface area contributed by atoms with Gasteiger partial charge in [0.25, 0.3) is 0 Å². The van der Waals surface area contributed by atoms with Crippen molar-refractivity contribution in [2.24, 2.45) is 0 Å². The number of hydrogen-bond donors (Lipinski definition) is 2. The Kier molecular flexibility index (Phi) is 2.65. The summed E-state index contributed by atoms with van der Waals surface area (Å²) in [5.41, 5.74) is 0.612. The minimum Gasteiger partial charge on any atom is -0.387 e. The van der Waals surface area contributed by atoms with Gasteiger partial charge in [-0.1, -0.05) is 24.3 Å². The van der Waals surface area contributed by atoms with Crippen LogP contribution in [0.25, 0.3) is 0 Å². The van der Waals surface area contributed by atoms with Gasteiger partial charge in [-0.05, 0) is 43.4 Å². The summed E-state index contributed by atoms with van der Waals surface area (Å²) in [6.45, 7) is 1.46. The first-order chi connectivity index (χ1) is 8.72. The molecular weight excluding hydrogens is 224 g/mol.